The van der Waals surface area contributed by atoms with Gasteiger partial charge in [-0.3, -0.25) is 10.1 Å². The molecule has 0 atom stereocenters. The van der Waals surface area contributed by atoms with Crippen molar-refractivity contribution in [1.82, 2.24) is 4.98 Å². The van der Waals surface area contributed by atoms with E-state index in [4.69, 9.17) is 0 Å². The van der Waals surface area contributed by atoms with E-state index in [0.29, 0.717) is 16.4 Å². The number of hydrogen-bond donors (Lipinski definition) is 2. The lowest BCUT2D eigenvalue weighted by molar-refractivity contribution is -0.384. The quantitative estimate of drug-likeness (QED) is 0.557. The third-order valence-electron chi connectivity index (χ3n) is 2.95. The molecule has 2 N–H and O–H groups in total. The summed E-state index contributed by atoms with van der Waals surface area (Å²) >= 11 is 1.39. The van der Waals surface area contributed by atoms with E-state index in [1.807, 2.05) is 11.4 Å². The maximum Gasteiger partial charge on any atom is 0.270 e. The average molecular weight is 313 g/mol. The van der Waals surface area contributed by atoms with Gasteiger partial charge in [-0.15, -0.1) is 11.3 Å². The van der Waals surface area contributed by atoms with Crippen LogP contribution in [0.1, 0.15) is 0 Å². The first-order valence-electron chi connectivity index (χ1n) is 6.38. The van der Waals surface area contributed by atoms with Gasteiger partial charge in [-0.2, -0.15) is 0 Å². The smallest absolute Gasteiger partial charge is 0.270 e. The number of rotatable bonds is 4. The molecule has 0 aliphatic carbocycles. The summed E-state index contributed by atoms with van der Waals surface area (Å²) in [6.07, 6.45) is 0. The van der Waals surface area contributed by atoms with Crippen molar-refractivity contribution in [2.45, 2.75) is 0 Å². The lowest BCUT2D eigenvalue weighted by Gasteiger charge is -2.02. The molecule has 110 valence electrons. The Bertz CT molecular complexity index is 832. The Morgan fingerprint density at radius 1 is 1.18 bits per heavy atom. The molecule has 0 saturated carbocycles. The molecule has 0 unspecified atom stereocenters. The summed E-state index contributed by atoms with van der Waals surface area (Å²) in [5.74, 6) is 0.167. The van der Waals surface area contributed by atoms with E-state index in [1.165, 1.54) is 23.5 Å². The predicted molar refractivity (Wildman–Crippen MR) is 85.6 cm³/mol. The van der Waals surface area contributed by atoms with Crippen molar-refractivity contribution in [2.24, 2.45) is 0 Å². The van der Waals surface area contributed by atoms with E-state index in [0.717, 1.165) is 5.69 Å². The van der Waals surface area contributed by atoms with E-state index < -0.39 is 4.92 Å². The second-order valence-corrected chi connectivity index (χ2v) is 5.38. The van der Waals surface area contributed by atoms with E-state index in [-0.39, 0.29) is 11.4 Å². The maximum absolute atomic E-state index is 10.8. The van der Waals surface area contributed by atoms with Gasteiger partial charge in [0, 0.05) is 34.8 Å². The Balaban J connectivity index is 1.84. The number of aromatic nitrogens is 1. The molecule has 0 amide bonds. The normalized spacial score (nSPS) is 10.4. The summed E-state index contributed by atoms with van der Waals surface area (Å²) in [5, 5.41) is 25.8. The number of aromatic hydroxyl groups is 1. The van der Waals surface area contributed by atoms with Gasteiger partial charge in [0.25, 0.3) is 5.69 Å². The molecule has 6 nitrogen and oxygen atoms in total. The standard InChI is InChI=1S/C15H11N3O3S/c19-13-6-2-4-11(8-13)16-15-17-14(9-22-15)10-3-1-5-12(7-10)18(20)21/h1-9,19H,(H,16,17). The molecule has 3 rings (SSSR count). The van der Waals surface area contributed by atoms with E-state index >= 15 is 0 Å². The highest BCUT2D eigenvalue weighted by atomic mass is 32.1. The monoisotopic (exact) mass is 313 g/mol. The van der Waals surface area contributed by atoms with Crippen LogP contribution < -0.4 is 5.32 Å². The fourth-order valence-corrected chi connectivity index (χ4v) is 2.69. The predicted octanol–water partition coefficient (Wildman–Crippen LogP) is 4.17. The number of nitrogens with zero attached hydrogens (tertiary/aromatic N) is 2. The number of hydrogen-bond acceptors (Lipinski definition) is 6. The second-order valence-electron chi connectivity index (χ2n) is 4.52. The zero-order chi connectivity index (χ0) is 15.5. The number of phenols is 1. The van der Waals surface area contributed by atoms with Crippen molar-refractivity contribution < 1.29 is 10.0 Å². The summed E-state index contributed by atoms with van der Waals surface area (Å²) in [5.41, 5.74) is 2.11. The van der Waals surface area contributed by atoms with Crippen molar-refractivity contribution in [3.63, 3.8) is 0 Å². The number of phenolic OH excluding ortho intramolecular Hbond substituents is 1. The Hall–Kier alpha value is -2.93. The molecule has 0 aliphatic rings. The Morgan fingerprint density at radius 2 is 2.00 bits per heavy atom. The van der Waals surface area contributed by atoms with Crippen LogP contribution in [0.4, 0.5) is 16.5 Å². The van der Waals surface area contributed by atoms with Gasteiger partial charge in [0.2, 0.25) is 0 Å². The first-order chi connectivity index (χ1) is 10.6. The van der Waals surface area contributed by atoms with Gasteiger partial charge in [-0.25, -0.2) is 4.98 Å². The number of nitro groups is 1. The molecule has 0 saturated heterocycles. The summed E-state index contributed by atoms with van der Waals surface area (Å²) in [7, 11) is 0. The molecule has 1 heterocycles. The SMILES string of the molecule is O=[N+]([O-])c1cccc(-c2csc(Nc3cccc(O)c3)n2)c1. The summed E-state index contributed by atoms with van der Waals surface area (Å²) < 4.78 is 0. The minimum Gasteiger partial charge on any atom is -0.508 e. The van der Waals surface area contributed by atoms with Crippen LogP contribution >= 0.6 is 11.3 Å². The number of non-ortho nitro benzene ring substituents is 1. The first-order valence-corrected chi connectivity index (χ1v) is 7.26. The van der Waals surface area contributed by atoms with Gasteiger partial charge in [0.1, 0.15) is 5.75 Å². The number of nitrogens with one attached hydrogen (secondary N) is 1. The van der Waals surface area contributed by atoms with Crippen molar-refractivity contribution in [2.75, 3.05) is 5.32 Å². The van der Waals surface area contributed by atoms with Crippen LogP contribution in [0.25, 0.3) is 11.3 Å². The fourth-order valence-electron chi connectivity index (χ4n) is 1.95. The van der Waals surface area contributed by atoms with Crippen LogP contribution in [0, 0.1) is 10.1 Å². The highest BCUT2D eigenvalue weighted by molar-refractivity contribution is 7.14. The number of anilines is 2. The number of thiazole rings is 1. The lowest BCUT2D eigenvalue weighted by atomic mass is 10.1. The first kappa shape index (κ1) is 14.0. The highest BCUT2D eigenvalue weighted by Gasteiger charge is 2.10. The second kappa shape index (κ2) is 5.82. The molecule has 22 heavy (non-hydrogen) atoms. The van der Waals surface area contributed by atoms with Crippen molar-refractivity contribution in [3.8, 4) is 17.0 Å². The van der Waals surface area contributed by atoms with Crippen LogP contribution in [0.3, 0.4) is 0 Å². The molecule has 0 radical (unpaired) electrons. The van der Waals surface area contributed by atoms with Crippen molar-refractivity contribution in [1.29, 1.82) is 0 Å². The zero-order valence-corrected chi connectivity index (χ0v) is 12.1. The average Bonchev–Trinajstić information content (AvgIpc) is 2.96. The largest absolute Gasteiger partial charge is 0.508 e. The summed E-state index contributed by atoms with van der Waals surface area (Å²) in [6, 6.07) is 13.1. The Morgan fingerprint density at radius 3 is 2.77 bits per heavy atom. The van der Waals surface area contributed by atoms with E-state index in [9.17, 15) is 15.2 Å². The summed E-state index contributed by atoms with van der Waals surface area (Å²) in [6.45, 7) is 0. The number of nitro benzene ring substituents is 1. The molecule has 7 heteroatoms. The highest BCUT2D eigenvalue weighted by Crippen LogP contribution is 2.29. The minimum absolute atomic E-state index is 0.0352. The van der Waals surface area contributed by atoms with Gasteiger partial charge in [-0.1, -0.05) is 18.2 Å². The van der Waals surface area contributed by atoms with Gasteiger partial charge >= 0.3 is 0 Å². The maximum atomic E-state index is 10.8. The van der Waals surface area contributed by atoms with Crippen molar-refractivity contribution in [3.05, 3.63) is 64.0 Å². The third kappa shape index (κ3) is 3.04. The lowest BCUT2D eigenvalue weighted by Crippen LogP contribution is -1.90. The molecular formula is C15H11N3O3S. The van der Waals surface area contributed by atoms with Crippen molar-refractivity contribution >= 4 is 27.8 Å². The number of benzene rings is 2. The van der Waals surface area contributed by atoms with Crippen LogP contribution in [-0.2, 0) is 0 Å². The fraction of sp³-hybridized carbons (Fsp3) is 0. The molecule has 3 aromatic rings. The molecule has 0 bridgehead atoms. The van der Waals surface area contributed by atoms with Crippen LogP contribution in [0.5, 0.6) is 5.75 Å². The van der Waals surface area contributed by atoms with Gasteiger partial charge in [0.05, 0.1) is 10.6 Å². The third-order valence-corrected chi connectivity index (χ3v) is 3.71. The van der Waals surface area contributed by atoms with Gasteiger partial charge in [-0.05, 0) is 12.1 Å². The molecule has 0 spiro atoms. The Labute approximate surface area is 129 Å². The molecule has 0 aliphatic heterocycles. The van der Waals surface area contributed by atoms with Crippen LogP contribution in [-0.4, -0.2) is 15.0 Å². The zero-order valence-electron chi connectivity index (χ0n) is 11.3. The Kier molecular flexibility index (Phi) is 3.71. The molecule has 1 aromatic heterocycles. The van der Waals surface area contributed by atoms with Gasteiger partial charge in [0.15, 0.2) is 5.13 Å². The summed E-state index contributed by atoms with van der Waals surface area (Å²) in [4.78, 5) is 14.8. The minimum atomic E-state index is -0.429. The molecule has 0 fully saturated rings. The van der Waals surface area contributed by atoms with Crippen LogP contribution in [0.15, 0.2) is 53.9 Å². The molecule has 2 aromatic carbocycles. The van der Waals surface area contributed by atoms with Gasteiger partial charge < -0.3 is 10.4 Å². The van der Waals surface area contributed by atoms with Crippen LogP contribution in [0.2, 0.25) is 0 Å². The van der Waals surface area contributed by atoms with E-state index in [1.54, 1.807) is 30.3 Å². The topological polar surface area (TPSA) is 88.3 Å². The molecular weight excluding hydrogens is 302 g/mol. The van der Waals surface area contributed by atoms with E-state index in [2.05, 4.69) is 10.3 Å².